The maximum absolute atomic E-state index is 14.3. The van der Waals surface area contributed by atoms with Gasteiger partial charge in [-0.15, -0.1) is 0 Å². The van der Waals surface area contributed by atoms with Crippen molar-refractivity contribution in [1.82, 2.24) is 9.55 Å². The number of fused-ring (bicyclic) bond motifs is 1. The number of rotatable bonds is 2. The summed E-state index contributed by atoms with van der Waals surface area (Å²) >= 11 is 5.39. The summed E-state index contributed by atoms with van der Waals surface area (Å²) in [5.74, 6) is -0.666. The van der Waals surface area contributed by atoms with Crippen molar-refractivity contribution in [3.8, 4) is 0 Å². The van der Waals surface area contributed by atoms with Crippen LogP contribution in [0.3, 0.4) is 0 Å². The summed E-state index contributed by atoms with van der Waals surface area (Å²) in [5, 5.41) is 0. The lowest BCUT2D eigenvalue weighted by molar-refractivity contribution is 0.186. The Morgan fingerprint density at radius 3 is 2.67 bits per heavy atom. The van der Waals surface area contributed by atoms with E-state index < -0.39 is 11.6 Å². The summed E-state index contributed by atoms with van der Waals surface area (Å²) in [7, 11) is 0. The van der Waals surface area contributed by atoms with Gasteiger partial charge < -0.3 is 9.55 Å². The molecule has 0 radical (unpaired) electrons. The Kier molecular flexibility index (Phi) is 3.86. The first-order valence-electron chi connectivity index (χ1n) is 7.59. The van der Waals surface area contributed by atoms with E-state index in [9.17, 15) is 8.78 Å². The van der Waals surface area contributed by atoms with Gasteiger partial charge in [0.05, 0.1) is 5.52 Å². The van der Waals surface area contributed by atoms with Gasteiger partial charge in [-0.1, -0.05) is 26.7 Å². The molecule has 1 saturated carbocycles. The van der Waals surface area contributed by atoms with Gasteiger partial charge in [-0.2, -0.15) is 0 Å². The van der Waals surface area contributed by atoms with Crippen molar-refractivity contribution in [2.24, 2.45) is 11.8 Å². The van der Waals surface area contributed by atoms with E-state index in [0.29, 0.717) is 22.1 Å². The van der Waals surface area contributed by atoms with Crippen LogP contribution >= 0.6 is 12.2 Å². The predicted molar refractivity (Wildman–Crippen MR) is 82.9 cm³/mol. The number of imidazole rings is 1. The third-order valence-corrected chi connectivity index (χ3v) is 5.04. The molecule has 2 aromatic rings. The number of aromatic nitrogens is 2. The molecule has 2 nitrogen and oxygen atoms in total. The van der Waals surface area contributed by atoms with Crippen LogP contribution in [0.15, 0.2) is 12.1 Å². The molecule has 1 aromatic carbocycles. The zero-order valence-electron chi connectivity index (χ0n) is 12.3. The first-order valence-corrected chi connectivity index (χ1v) is 7.99. The van der Waals surface area contributed by atoms with Crippen LogP contribution in [0.2, 0.25) is 0 Å². The summed E-state index contributed by atoms with van der Waals surface area (Å²) in [6.07, 6.45) is 4.40. The van der Waals surface area contributed by atoms with Crippen molar-refractivity contribution in [3.05, 3.63) is 28.5 Å². The monoisotopic (exact) mass is 310 g/mol. The summed E-state index contributed by atoms with van der Waals surface area (Å²) < 4.78 is 30.2. The predicted octanol–water partition coefficient (Wildman–Crippen LogP) is 5.36. The topological polar surface area (TPSA) is 20.7 Å². The zero-order valence-corrected chi connectivity index (χ0v) is 13.1. The van der Waals surface area contributed by atoms with Gasteiger partial charge in [0, 0.05) is 6.04 Å². The minimum Gasteiger partial charge on any atom is -0.330 e. The van der Waals surface area contributed by atoms with Crippen LogP contribution in [0, 0.1) is 28.2 Å². The highest BCUT2D eigenvalue weighted by Crippen LogP contribution is 2.40. The number of hydrogen-bond donors (Lipinski definition) is 1. The standard InChI is InChI=1S/C16H20F2N2S/c1-9(2)10-5-3-4-6-13(10)20-15-12(19-16(20)21)8-7-11(17)14(15)18/h7-10,13H,3-6H2,1-2H3,(H,19,21). The lowest BCUT2D eigenvalue weighted by Gasteiger charge is -2.35. The summed E-state index contributed by atoms with van der Waals surface area (Å²) in [4.78, 5) is 3.02. The molecule has 1 aliphatic rings. The second kappa shape index (κ2) is 5.52. The summed E-state index contributed by atoms with van der Waals surface area (Å²) in [5.41, 5.74) is 0.865. The Balaban J connectivity index is 2.21. The van der Waals surface area contributed by atoms with Crippen molar-refractivity contribution in [2.75, 3.05) is 0 Å². The van der Waals surface area contributed by atoms with Crippen LogP contribution in [-0.2, 0) is 0 Å². The van der Waals surface area contributed by atoms with E-state index in [4.69, 9.17) is 12.2 Å². The fourth-order valence-electron chi connectivity index (χ4n) is 3.71. The second-order valence-corrected chi connectivity index (χ2v) is 6.70. The Bertz CT molecular complexity index is 717. The van der Waals surface area contributed by atoms with E-state index in [-0.39, 0.29) is 11.6 Å². The zero-order chi connectivity index (χ0) is 15.1. The molecule has 1 N–H and O–H groups in total. The van der Waals surface area contributed by atoms with Gasteiger partial charge in [0.15, 0.2) is 16.4 Å². The number of nitrogens with zero attached hydrogens (tertiary/aromatic N) is 1. The summed E-state index contributed by atoms with van der Waals surface area (Å²) in [6, 6.07) is 2.86. The molecule has 1 fully saturated rings. The molecule has 1 heterocycles. The van der Waals surface area contributed by atoms with E-state index in [1.54, 1.807) is 6.07 Å². The van der Waals surface area contributed by atoms with E-state index in [1.807, 2.05) is 4.57 Å². The van der Waals surface area contributed by atoms with Gasteiger partial charge in [-0.05, 0) is 49.0 Å². The minimum absolute atomic E-state index is 0.149. The largest absolute Gasteiger partial charge is 0.330 e. The maximum Gasteiger partial charge on any atom is 0.184 e. The van der Waals surface area contributed by atoms with Gasteiger partial charge in [0.1, 0.15) is 5.52 Å². The minimum atomic E-state index is -0.817. The van der Waals surface area contributed by atoms with Crippen LogP contribution in [0.1, 0.15) is 45.6 Å². The molecule has 0 bridgehead atoms. The lowest BCUT2D eigenvalue weighted by atomic mass is 9.77. The smallest absolute Gasteiger partial charge is 0.184 e. The number of nitrogens with one attached hydrogen (secondary N) is 1. The molecule has 2 atom stereocenters. The van der Waals surface area contributed by atoms with Crippen LogP contribution in [0.25, 0.3) is 11.0 Å². The highest BCUT2D eigenvalue weighted by atomic mass is 32.1. The van der Waals surface area contributed by atoms with Crippen LogP contribution in [-0.4, -0.2) is 9.55 Å². The van der Waals surface area contributed by atoms with Gasteiger partial charge in [0.2, 0.25) is 0 Å². The lowest BCUT2D eigenvalue weighted by Crippen LogP contribution is -2.27. The maximum atomic E-state index is 14.3. The Labute approximate surface area is 128 Å². The Hall–Kier alpha value is -1.23. The van der Waals surface area contributed by atoms with E-state index >= 15 is 0 Å². The van der Waals surface area contributed by atoms with Gasteiger partial charge in [-0.25, -0.2) is 8.78 Å². The normalized spacial score (nSPS) is 23.1. The highest BCUT2D eigenvalue weighted by molar-refractivity contribution is 7.71. The number of H-pyrrole nitrogens is 1. The number of benzene rings is 1. The van der Waals surface area contributed by atoms with Gasteiger partial charge in [-0.3, -0.25) is 0 Å². The van der Waals surface area contributed by atoms with E-state index in [0.717, 1.165) is 25.3 Å². The fraction of sp³-hybridized carbons (Fsp3) is 0.562. The molecule has 1 aliphatic carbocycles. The molecule has 1 aromatic heterocycles. The first-order chi connectivity index (χ1) is 10.0. The molecule has 0 saturated heterocycles. The molecule has 5 heteroatoms. The van der Waals surface area contributed by atoms with Gasteiger partial charge in [0.25, 0.3) is 0 Å². The van der Waals surface area contributed by atoms with E-state index in [1.165, 1.54) is 6.42 Å². The molecular weight excluding hydrogens is 290 g/mol. The number of aromatic amines is 1. The SMILES string of the molecule is CC(C)C1CCCCC1n1c(=S)[nH]c2ccc(F)c(F)c21. The van der Waals surface area contributed by atoms with Crippen LogP contribution in [0.5, 0.6) is 0 Å². The fourth-order valence-corrected chi connectivity index (χ4v) is 4.04. The molecule has 0 spiro atoms. The molecule has 21 heavy (non-hydrogen) atoms. The molecule has 3 rings (SSSR count). The average Bonchev–Trinajstić information content (AvgIpc) is 2.80. The third kappa shape index (κ3) is 2.41. The van der Waals surface area contributed by atoms with E-state index in [2.05, 4.69) is 18.8 Å². The van der Waals surface area contributed by atoms with Crippen molar-refractivity contribution < 1.29 is 8.78 Å². The first kappa shape index (κ1) is 14.7. The van der Waals surface area contributed by atoms with Crippen molar-refractivity contribution in [2.45, 2.75) is 45.6 Å². The average molecular weight is 310 g/mol. The van der Waals surface area contributed by atoms with Crippen molar-refractivity contribution >= 4 is 23.3 Å². The quantitative estimate of drug-likeness (QED) is 0.740. The third-order valence-electron chi connectivity index (χ3n) is 4.74. The van der Waals surface area contributed by atoms with Crippen molar-refractivity contribution in [3.63, 3.8) is 0 Å². The summed E-state index contributed by atoms with van der Waals surface area (Å²) in [6.45, 7) is 4.39. The number of halogens is 2. The van der Waals surface area contributed by atoms with Gasteiger partial charge >= 0.3 is 0 Å². The second-order valence-electron chi connectivity index (χ2n) is 6.32. The van der Waals surface area contributed by atoms with Crippen LogP contribution in [0.4, 0.5) is 8.78 Å². The molecule has 114 valence electrons. The Morgan fingerprint density at radius 1 is 1.24 bits per heavy atom. The number of hydrogen-bond acceptors (Lipinski definition) is 1. The molecule has 0 aliphatic heterocycles. The molecular formula is C16H20F2N2S. The molecule has 2 unspecified atom stereocenters. The van der Waals surface area contributed by atoms with Crippen LogP contribution < -0.4 is 0 Å². The molecule has 0 amide bonds. The highest BCUT2D eigenvalue weighted by Gasteiger charge is 2.31. The Morgan fingerprint density at radius 2 is 1.95 bits per heavy atom. The van der Waals surface area contributed by atoms with Crippen molar-refractivity contribution in [1.29, 1.82) is 0 Å².